The van der Waals surface area contributed by atoms with Gasteiger partial charge in [-0.05, 0) is 19.1 Å². The van der Waals surface area contributed by atoms with Gasteiger partial charge in [0.25, 0.3) is 0 Å². The molecule has 0 heterocycles. The van der Waals surface area contributed by atoms with Gasteiger partial charge in [-0.2, -0.15) is 0 Å². The number of rotatable bonds is 2. The van der Waals surface area contributed by atoms with Crippen LogP contribution in [0.1, 0.15) is 6.99 Å². The zero-order valence-electron chi connectivity index (χ0n) is 8.41. The van der Waals surface area contributed by atoms with Crippen LogP contribution in [0.15, 0.2) is 29.2 Å². The van der Waals surface area contributed by atoms with E-state index in [1.165, 1.54) is 0 Å². The van der Waals surface area contributed by atoms with Gasteiger partial charge in [-0.3, -0.25) is 0 Å². The molecule has 0 aliphatic heterocycles. The van der Waals surface area contributed by atoms with Crippen LogP contribution in [0, 0.1) is 6.92 Å². The number of aryl methyl sites for hydroxylation is 1. The van der Waals surface area contributed by atoms with E-state index < -0.39 is 10.0 Å². The molecule has 0 spiro atoms. The molecule has 0 amide bonds. The molecule has 0 aliphatic rings. The molecule has 0 bridgehead atoms. The molecule has 3 nitrogen and oxygen atoms in total. The van der Waals surface area contributed by atoms with Crippen molar-refractivity contribution in [1.82, 2.24) is 3.75 Å². The maximum absolute atomic E-state index is 11.2. The third-order valence-electron chi connectivity index (χ3n) is 1.43. The maximum Gasteiger partial charge on any atom is 1.00 e. The van der Waals surface area contributed by atoms with Gasteiger partial charge in [0.2, 0.25) is 10.0 Å². The molecule has 6 heteroatoms. The van der Waals surface area contributed by atoms with Crippen molar-refractivity contribution in [3.8, 4) is 0 Å². The summed E-state index contributed by atoms with van der Waals surface area (Å²) in [5, 5.41) is 0. The molecule has 1 rings (SSSR count). The first kappa shape index (κ1) is 14.2. The van der Waals surface area contributed by atoms with Gasteiger partial charge in [-0.1, -0.05) is 17.7 Å². The normalized spacial score (nSPS) is 10.6. The Bertz CT molecular complexity index is 368. The van der Waals surface area contributed by atoms with Crippen LogP contribution in [0.2, 0.25) is 0 Å². The van der Waals surface area contributed by atoms with E-state index in [9.17, 15) is 8.42 Å². The van der Waals surface area contributed by atoms with Gasteiger partial charge in [-0.25, -0.2) is 8.42 Å². The molecule has 68 valence electrons. The van der Waals surface area contributed by atoms with Crippen LogP contribution in [0.4, 0.5) is 0 Å². The average Bonchev–Trinajstić information content (AvgIpc) is 2.05. The third-order valence-corrected chi connectivity index (χ3v) is 3.81. The van der Waals surface area contributed by atoms with E-state index in [4.69, 9.17) is 0 Å². The van der Waals surface area contributed by atoms with E-state index in [0.29, 0.717) is 0 Å². The molecule has 0 saturated heterocycles. The molecule has 0 aromatic heterocycles. The summed E-state index contributed by atoms with van der Waals surface area (Å²) in [6.07, 6.45) is 0. The summed E-state index contributed by atoms with van der Waals surface area (Å²) in [5.74, 6) is 0. The quantitative estimate of drug-likeness (QED) is 0.544. The minimum absolute atomic E-state index is 0. The Morgan fingerprint density at radius 3 is 2.15 bits per heavy atom. The van der Waals surface area contributed by atoms with Gasteiger partial charge in [0, 0.05) is 16.1 Å². The van der Waals surface area contributed by atoms with E-state index in [2.05, 4.69) is 19.9 Å². The summed E-state index contributed by atoms with van der Waals surface area (Å²) in [7, 11) is -3.35. The minimum atomic E-state index is -3.35. The van der Waals surface area contributed by atoms with Crippen LogP contribution in [0.3, 0.4) is 0 Å². The SMILES string of the molecule is Cc1ccc(S(=O)(=O)NBr)cc1.[H-].[K+]. The zero-order valence-corrected chi connectivity index (χ0v) is 12.9. The molecule has 0 unspecified atom stereocenters. The van der Waals surface area contributed by atoms with Crippen molar-refractivity contribution < 1.29 is 61.2 Å². The Kier molecular flexibility index (Phi) is 6.54. The maximum atomic E-state index is 11.2. The fourth-order valence-electron chi connectivity index (χ4n) is 0.762. The number of benzene rings is 1. The molecule has 0 saturated carbocycles. The molecule has 1 aromatic carbocycles. The van der Waals surface area contributed by atoms with Gasteiger partial charge >= 0.3 is 51.4 Å². The molecule has 0 aliphatic carbocycles. The number of nitrogens with one attached hydrogen (secondary N) is 1. The Morgan fingerprint density at radius 1 is 1.31 bits per heavy atom. The minimum Gasteiger partial charge on any atom is -1.00 e. The van der Waals surface area contributed by atoms with Gasteiger partial charge in [0.1, 0.15) is 0 Å². The van der Waals surface area contributed by atoms with Crippen molar-refractivity contribution >= 4 is 26.2 Å². The summed E-state index contributed by atoms with van der Waals surface area (Å²) < 4.78 is 24.4. The molecule has 0 radical (unpaired) electrons. The monoisotopic (exact) mass is 289 g/mol. The van der Waals surface area contributed by atoms with Gasteiger partial charge in [0.05, 0.1) is 4.90 Å². The Labute approximate surface area is 131 Å². The van der Waals surface area contributed by atoms with Crippen LogP contribution >= 0.6 is 16.1 Å². The number of hydrogen-bond donors (Lipinski definition) is 1. The third kappa shape index (κ3) is 4.09. The van der Waals surface area contributed by atoms with Crippen molar-refractivity contribution in [2.24, 2.45) is 0 Å². The second-order valence-corrected chi connectivity index (χ2v) is 5.00. The second kappa shape index (κ2) is 5.97. The predicted octanol–water partition coefficient (Wildman–Crippen LogP) is -1.30. The van der Waals surface area contributed by atoms with Gasteiger partial charge in [-0.15, -0.1) is 3.75 Å². The number of sulfonamides is 1. The van der Waals surface area contributed by atoms with Crippen molar-refractivity contribution in [3.63, 3.8) is 0 Å². The second-order valence-electron chi connectivity index (χ2n) is 2.39. The summed E-state index contributed by atoms with van der Waals surface area (Å²) in [5.41, 5.74) is 1.03. The van der Waals surface area contributed by atoms with E-state index in [0.717, 1.165) is 5.56 Å². The largest absolute Gasteiger partial charge is 1.00 e. The molecule has 1 aromatic rings. The first-order valence-electron chi connectivity index (χ1n) is 3.25. The van der Waals surface area contributed by atoms with Crippen molar-refractivity contribution in [2.75, 3.05) is 0 Å². The predicted molar refractivity (Wildman–Crippen MR) is 51.5 cm³/mol. The van der Waals surface area contributed by atoms with Crippen molar-refractivity contribution in [1.29, 1.82) is 0 Å². The topological polar surface area (TPSA) is 46.2 Å². The summed E-state index contributed by atoms with van der Waals surface area (Å²) in [6, 6.07) is 6.60. The zero-order chi connectivity index (χ0) is 9.19. The smallest absolute Gasteiger partial charge is 1.00 e. The average molecular weight is 290 g/mol. The van der Waals surface area contributed by atoms with Crippen LogP contribution in [-0.4, -0.2) is 8.42 Å². The van der Waals surface area contributed by atoms with Crippen LogP contribution < -0.4 is 55.1 Å². The van der Waals surface area contributed by atoms with Crippen LogP contribution in [-0.2, 0) is 10.0 Å². The molecule has 0 atom stereocenters. The van der Waals surface area contributed by atoms with Crippen molar-refractivity contribution in [3.05, 3.63) is 29.8 Å². The molecular weight excluding hydrogens is 281 g/mol. The number of hydrogen-bond acceptors (Lipinski definition) is 2. The van der Waals surface area contributed by atoms with Crippen LogP contribution in [0.25, 0.3) is 0 Å². The number of halogens is 1. The van der Waals surface area contributed by atoms with E-state index in [-0.39, 0.29) is 57.7 Å². The summed E-state index contributed by atoms with van der Waals surface area (Å²) in [4.78, 5) is 0.255. The fourth-order valence-corrected chi connectivity index (χ4v) is 1.91. The molecule has 0 fully saturated rings. The van der Waals surface area contributed by atoms with E-state index in [1.807, 2.05) is 6.92 Å². The Morgan fingerprint density at radius 2 is 1.77 bits per heavy atom. The Hall–Kier alpha value is 1.25. The van der Waals surface area contributed by atoms with Crippen LogP contribution in [0.5, 0.6) is 0 Å². The summed E-state index contributed by atoms with van der Waals surface area (Å²) in [6.45, 7) is 1.90. The first-order chi connectivity index (χ1) is 5.56. The standard InChI is InChI=1S/C7H8BrNO2S.K.H/c1-6-2-4-7(5-3-6)12(10,11)9-8;;/h2-5,9H,1H3;;/q;+1;-1. The Balaban J connectivity index is 0. The van der Waals surface area contributed by atoms with E-state index >= 15 is 0 Å². The van der Waals surface area contributed by atoms with Gasteiger partial charge in [0.15, 0.2) is 0 Å². The molecule has 13 heavy (non-hydrogen) atoms. The fraction of sp³-hybridized carbons (Fsp3) is 0.143. The summed E-state index contributed by atoms with van der Waals surface area (Å²) >= 11 is 2.69. The molecular formula is C7H9BrKNO2S. The van der Waals surface area contributed by atoms with Crippen molar-refractivity contribution in [2.45, 2.75) is 11.8 Å². The van der Waals surface area contributed by atoms with E-state index in [1.54, 1.807) is 24.3 Å². The molecule has 1 N–H and O–H groups in total. The van der Waals surface area contributed by atoms with Gasteiger partial charge < -0.3 is 1.43 Å². The first-order valence-corrected chi connectivity index (χ1v) is 5.53.